The second-order valence-corrected chi connectivity index (χ2v) is 16.1. The van der Waals surface area contributed by atoms with Crippen molar-refractivity contribution in [1.29, 1.82) is 0 Å². The van der Waals surface area contributed by atoms with Gasteiger partial charge in [0.1, 0.15) is 5.75 Å². The number of halogens is 1. The van der Waals surface area contributed by atoms with Crippen molar-refractivity contribution in [3.8, 4) is 5.75 Å². The van der Waals surface area contributed by atoms with Gasteiger partial charge in [-0.2, -0.15) is 0 Å². The topological polar surface area (TPSA) is 125 Å². The maximum atomic E-state index is 13.7. The van der Waals surface area contributed by atoms with Gasteiger partial charge in [0.05, 0.1) is 36.4 Å². The van der Waals surface area contributed by atoms with Gasteiger partial charge in [0.25, 0.3) is 5.91 Å². The Morgan fingerprint density at radius 2 is 2.04 bits per heavy atom. The second-order valence-electron chi connectivity index (χ2n) is 13.8. The Morgan fingerprint density at radius 3 is 2.80 bits per heavy atom. The maximum Gasteiger partial charge on any atom is 0.264 e. The van der Waals surface area contributed by atoms with Crippen molar-refractivity contribution in [3.05, 3.63) is 70.3 Å². The molecule has 4 aliphatic rings. The van der Waals surface area contributed by atoms with E-state index in [9.17, 15) is 23.4 Å². The fourth-order valence-corrected chi connectivity index (χ4v) is 9.91. The van der Waals surface area contributed by atoms with Crippen LogP contribution >= 0.6 is 11.6 Å². The molecule has 1 amide bonds. The first kappa shape index (κ1) is 33.3. The van der Waals surface area contributed by atoms with E-state index in [4.69, 9.17) is 21.1 Å². The second kappa shape index (κ2) is 13.5. The minimum absolute atomic E-state index is 0.0238. The van der Waals surface area contributed by atoms with E-state index in [0.29, 0.717) is 36.9 Å². The minimum atomic E-state index is -4.20. The Labute approximate surface area is 277 Å². The van der Waals surface area contributed by atoms with Gasteiger partial charge in [-0.3, -0.25) is 4.79 Å². The van der Waals surface area contributed by atoms with Gasteiger partial charge in [-0.05, 0) is 104 Å². The molecule has 9 nitrogen and oxygen atoms in total. The summed E-state index contributed by atoms with van der Waals surface area (Å²) in [6, 6.07) is 11.2. The predicted molar refractivity (Wildman–Crippen MR) is 178 cm³/mol. The molecule has 0 aromatic heterocycles. The van der Waals surface area contributed by atoms with Crippen molar-refractivity contribution in [1.82, 2.24) is 4.72 Å². The highest BCUT2D eigenvalue weighted by Crippen LogP contribution is 2.46. The monoisotopic (exact) mass is 672 g/mol. The number of methoxy groups -OCH3 is 1. The average Bonchev–Trinajstić information content (AvgIpc) is 3.14. The highest BCUT2D eigenvalue weighted by Gasteiger charge is 2.44. The zero-order chi connectivity index (χ0) is 32.6. The fraction of sp³-hybridized carbons (Fsp3) is 0.571. The Kier molecular flexibility index (Phi) is 9.75. The van der Waals surface area contributed by atoms with Gasteiger partial charge in [0, 0.05) is 36.2 Å². The Bertz CT molecular complexity index is 1580. The number of anilines is 1. The van der Waals surface area contributed by atoms with Crippen LogP contribution in [0.3, 0.4) is 0 Å². The smallest absolute Gasteiger partial charge is 0.264 e. The standard InChI is InChI=1S/C35H45ClN2O7S/c1-22-5-3-7-31(40)28-11-8-25(28)18-38-20-35(14-4-6-23-15-26(36)10-12-29(23)35)21-45-32-13-9-24(16-30(32)38)34(41)37-46(42,43)33(22)17-27(39)19-44-2/h3,7,9-10,12-13,15-16,22,25,27-28,31,33,39-40H,4-6,8,11,14,17-21H2,1-2H3,(H,37,41)/b7-3-/t22-,25-,27-,28+,31-,33-,35-/m0/s1. The molecule has 2 aromatic rings. The molecule has 2 aromatic carbocycles. The predicted octanol–water partition coefficient (Wildman–Crippen LogP) is 4.62. The van der Waals surface area contributed by atoms with Crippen LogP contribution in [-0.2, 0) is 26.6 Å². The lowest BCUT2D eigenvalue weighted by Crippen LogP contribution is -2.49. The summed E-state index contributed by atoms with van der Waals surface area (Å²) < 4.78 is 41.3. The normalized spacial score (nSPS) is 32.2. The number of amides is 1. The van der Waals surface area contributed by atoms with Crippen LogP contribution in [0.1, 0.15) is 66.9 Å². The summed E-state index contributed by atoms with van der Waals surface area (Å²) in [5, 5.41) is 21.4. The third-order valence-electron chi connectivity index (χ3n) is 10.6. The van der Waals surface area contributed by atoms with Crippen LogP contribution in [0.25, 0.3) is 0 Å². The lowest BCUT2D eigenvalue weighted by Gasteiger charge is -2.45. The van der Waals surface area contributed by atoms with Crippen LogP contribution < -0.4 is 14.4 Å². The van der Waals surface area contributed by atoms with Crippen molar-refractivity contribution in [2.45, 2.75) is 74.7 Å². The number of nitrogens with one attached hydrogen (secondary N) is 1. The van der Waals surface area contributed by atoms with E-state index in [1.807, 2.05) is 12.1 Å². The third-order valence-corrected chi connectivity index (χ3v) is 12.8. The number of allylic oxidation sites excluding steroid dienone is 1. The molecule has 2 heterocycles. The van der Waals surface area contributed by atoms with Crippen molar-refractivity contribution < 1.29 is 32.9 Å². The lowest BCUT2D eigenvalue weighted by atomic mass is 9.68. The molecule has 2 bridgehead atoms. The molecule has 46 heavy (non-hydrogen) atoms. The molecule has 2 aliphatic heterocycles. The first-order valence-electron chi connectivity index (χ1n) is 16.4. The molecular weight excluding hydrogens is 628 g/mol. The number of rotatable bonds is 4. The summed E-state index contributed by atoms with van der Waals surface area (Å²) in [6.07, 6.45) is 6.98. The summed E-state index contributed by atoms with van der Waals surface area (Å²) in [5.74, 6) is -0.224. The maximum absolute atomic E-state index is 13.7. The molecule has 1 fully saturated rings. The Morgan fingerprint density at radius 1 is 1.22 bits per heavy atom. The number of hydrogen-bond donors (Lipinski definition) is 3. The van der Waals surface area contributed by atoms with Crippen LogP contribution in [0.15, 0.2) is 48.6 Å². The molecule has 2 aliphatic carbocycles. The number of benzene rings is 2. The van der Waals surface area contributed by atoms with E-state index in [1.165, 1.54) is 18.2 Å². The lowest BCUT2D eigenvalue weighted by molar-refractivity contribution is 0.0455. The summed E-state index contributed by atoms with van der Waals surface area (Å²) >= 11 is 6.40. The molecular formula is C35H45ClN2O7S. The van der Waals surface area contributed by atoms with Crippen LogP contribution in [0.5, 0.6) is 5.75 Å². The molecule has 1 spiro atoms. The summed E-state index contributed by atoms with van der Waals surface area (Å²) in [6.45, 7) is 3.56. The van der Waals surface area contributed by atoms with Gasteiger partial charge in [-0.15, -0.1) is 0 Å². The molecule has 0 unspecified atom stereocenters. The van der Waals surface area contributed by atoms with E-state index in [-0.39, 0.29) is 35.8 Å². The SMILES string of the molecule is COC[C@@H](O)C[C@H]1[C@@H](C)C/C=C\[C@H](O)[C@@H]2CC[C@H]2CN2C[C@@]3(CCCc4cc(Cl)ccc43)COc3ccc(cc32)C(=O)NS1(=O)=O. The Balaban J connectivity index is 1.40. The zero-order valence-electron chi connectivity index (χ0n) is 26.5. The van der Waals surface area contributed by atoms with Crippen molar-refractivity contribution in [2.75, 3.05) is 38.3 Å². The van der Waals surface area contributed by atoms with Crippen LogP contribution in [0, 0.1) is 17.8 Å². The van der Waals surface area contributed by atoms with E-state index in [1.54, 1.807) is 31.2 Å². The molecule has 250 valence electrons. The van der Waals surface area contributed by atoms with Gasteiger partial charge in [-0.1, -0.05) is 36.7 Å². The zero-order valence-corrected chi connectivity index (χ0v) is 28.1. The number of carbonyl (C=O) groups is 1. The quantitative estimate of drug-likeness (QED) is 0.402. The third kappa shape index (κ3) is 6.69. The number of carbonyl (C=O) groups excluding carboxylic acids is 1. The largest absolute Gasteiger partial charge is 0.490 e. The van der Waals surface area contributed by atoms with Crippen LogP contribution in [0.4, 0.5) is 5.69 Å². The van der Waals surface area contributed by atoms with Gasteiger partial charge in [0.2, 0.25) is 10.0 Å². The number of fused-ring (bicyclic) bond motifs is 4. The van der Waals surface area contributed by atoms with E-state index in [0.717, 1.165) is 37.8 Å². The van der Waals surface area contributed by atoms with Crippen molar-refractivity contribution >= 4 is 33.2 Å². The van der Waals surface area contributed by atoms with E-state index >= 15 is 0 Å². The molecule has 0 radical (unpaired) electrons. The highest BCUT2D eigenvalue weighted by atomic mass is 35.5. The van der Waals surface area contributed by atoms with Crippen molar-refractivity contribution in [3.63, 3.8) is 0 Å². The van der Waals surface area contributed by atoms with Crippen LogP contribution in [0.2, 0.25) is 5.02 Å². The number of sulfonamides is 1. The fourth-order valence-electron chi connectivity index (χ4n) is 7.99. The van der Waals surface area contributed by atoms with E-state index < -0.39 is 39.3 Å². The molecule has 0 saturated heterocycles. The highest BCUT2D eigenvalue weighted by molar-refractivity contribution is 7.90. The van der Waals surface area contributed by atoms with Gasteiger partial charge in [-0.25, -0.2) is 13.1 Å². The molecule has 3 N–H and O–H groups in total. The number of aliphatic hydroxyl groups excluding tert-OH is 2. The number of ether oxygens (including phenoxy) is 2. The van der Waals surface area contributed by atoms with Gasteiger partial charge in [0.15, 0.2) is 0 Å². The number of hydrogen-bond acceptors (Lipinski definition) is 8. The summed E-state index contributed by atoms with van der Waals surface area (Å²) in [7, 11) is -2.76. The first-order valence-corrected chi connectivity index (χ1v) is 18.3. The molecule has 6 rings (SSSR count). The van der Waals surface area contributed by atoms with Crippen LogP contribution in [-0.4, -0.2) is 75.4 Å². The average molecular weight is 673 g/mol. The summed E-state index contributed by atoms with van der Waals surface area (Å²) in [4.78, 5) is 15.9. The van der Waals surface area contributed by atoms with E-state index in [2.05, 4.69) is 21.8 Å². The van der Waals surface area contributed by atoms with Gasteiger partial charge >= 0.3 is 0 Å². The number of nitrogens with zero attached hydrogens (tertiary/aromatic N) is 1. The molecule has 11 heteroatoms. The molecule has 7 atom stereocenters. The number of aliphatic hydroxyl groups is 2. The van der Waals surface area contributed by atoms with Gasteiger partial charge < -0.3 is 24.6 Å². The molecule has 1 saturated carbocycles. The number of aryl methyl sites for hydroxylation is 1. The minimum Gasteiger partial charge on any atom is -0.490 e. The van der Waals surface area contributed by atoms with Crippen molar-refractivity contribution in [2.24, 2.45) is 17.8 Å². The Hall–Kier alpha value is -2.63. The summed E-state index contributed by atoms with van der Waals surface area (Å²) in [5.41, 5.74) is 3.12. The first-order chi connectivity index (χ1) is 22.0.